The lowest BCUT2D eigenvalue weighted by atomic mass is 10.1. The molecule has 8 heteroatoms. The second-order valence-electron chi connectivity index (χ2n) is 4.83. The quantitative estimate of drug-likeness (QED) is 0.514. The van der Waals surface area contributed by atoms with E-state index in [1.54, 1.807) is 12.1 Å². The first-order chi connectivity index (χ1) is 12.0. The van der Waals surface area contributed by atoms with Crippen LogP contribution in [0, 0.1) is 3.57 Å². The summed E-state index contributed by atoms with van der Waals surface area (Å²) in [5.41, 5.74) is 1.12. The summed E-state index contributed by atoms with van der Waals surface area (Å²) < 4.78 is 16.8. The van der Waals surface area contributed by atoms with Gasteiger partial charge < -0.3 is 19.5 Å². The summed E-state index contributed by atoms with van der Waals surface area (Å²) in [4.78, 5) is 12.4. The van der Waals surface area contributed by atoms with E-state index in [2.05, 4.69) is 33.2 Å². The van der Waals surface area contributed by atoms with Crippen LogP contribution in [0.4, 0.5) is 5.69 Å². The number of carbonyl (C=O) groups excluding carboxylic acids is 1. The maximum absolute atomic E-state index is 12.4. The van der Waals surface area contributed by atoms with Gasteiger partial charge in [0.2, 0.25) is 5.75 Å². The fourth-order valence-corrected chi connectivity index (χ4v) is 2.65. The minimum atomic E-state index is -0.387. The molecule has 132 valence electrons. The second-order valence-corrected chi connectivity index (χ2v) is 6.48. The molecule has 2 aromatic rings. The fourth-order valence-electron chi connectivity index (χ4n) is 2.08. The molecule has 0 saturated heterocycles. The molecule has 2 rings (SSSR count). The molecule has 0 fully saturated rings. The average molecular weight is 472 g/mol. The monoisotopic (exact) mass is 472 g/mol. The van der Waals surface area contributed by atoms with Crippen molar-refractivity contribution in [1.82, 2.24) is 5.32 Å². The Morgan fingerprint density at radius 3 is 2.04 bits per heavy atom. The van der Waals surface area contributed by atoms with Gasteiger partial charge in [-0.15, -0.1) is 0 Å². The molecule has 2 N–H and O–H groups in total. The van der Waals surface area contributed by atoms with E-state index in [1.165, 1.54) is 21.3 Å². The van der Waals surface area contributed by atoms with Crippen molar-refractivity contribution in [3.8, 4) is 17.2 Å². The number of methoxy groups -OCH3 is 3. The molecule has 0 spiro atoms. The number of nitrogens with one attached hydrogen (secondary N) is 2. The minimum absolute atomic E-state index is 0.194. The highest BCUT2D eigenvalue weighted by atomic mass is 127. The molecule has 0 saturated carbocycles. The van der Waals surface area contributed by atoms with Gasteiger partial charge in [0.1, 0.15) is 0 Å². The van der Waals surface area contributed by atoms with Crippen molar-refractivity contribution in [2.75, 3.05) is 26.6 Å². The predicted molar refractivity (Wildman–Crippen MR) is 109 cm³/mol. The molecular formula is C17H17IN2O4S. The summed E-state index contributed by atoms with van der Waals surface area (Å²) in [6.45, 7) is 0. The van der Waals surface area contributed by atoms with Gasteiger partial charge in [0, 0.05) is 14.8 Å². The third kappa shape index (κ3) is 4.95. The molecule has 6 nitrogen and oxygen atoms in total. The molecule has 0 atom stereocenters. The number of carbonyl (C=O) groups is 1. The molecule has 0 radical (unpaired) electrons. The van der Waals surface area contributed by atoms with Gasteiger partial charge in [0.05, 0.1) is 21.3 Å². The first-order valence-electron chi connectivity index (χ1n) is 7.16. The summed E-state index contributed by atoms with van der Waals surface area (Å²) in [7, 11) is 4.48. The van der Waals surface area contributed by atoms with Crippen molar-refractivity contribution in [1.29, 1.82) is 0 Å². The van der Waals surface area contributed by atoms with Crippen molar-refractivity contribution in [2.45, 2.75) is 0 Å². The fraction of sp³-hybridized carbons (Fsp3) is 0.176. The maximum atomic E-state index is 12.4. The van der Waals surface area contributed by atoms with Crippen LogP contribution < -0.4 is 24.8 Å². The van der Waals surface area contributed by atoms with E-state index in [4.69, 9.17) is 26.4 Å². The van der Waals surface area contributed by atoms with Gasteiger partial charge in [-0.1, -0.05) is 0 Å². The average Bonchev–Trinajstić information content (AvgIpc) is 2.62. The van der Waals surface area contributed by atoms with Crippen LogP contribution in [0.15, 0.2) is 36.4 Å². The van der Waals surface area contributed by atoms with Crippen LogP contribution in [-0.2, 0) is 0 Å². The van der Waals surface area contributed by atoms with Crippen molar-refractivity contribution in [3.05, 3.63) is 45.5 Å². The molecule has 0 aliphatic heterocycles. The number of hydrogen-bond donors (Lipinski definition) is 2. The van der Waals surface area contributed by atoms with E-state index in [0.29, 0.717) is 22.8 Å². The number of benzene rings is 2. The zero-order valence-corrected chi connectivity index (χ0v) is 16.9. The zero-order chi connectivity index (χ0) is 18.4. The van der Waals surface area contributed by atoms with Gasteiger partial charge in [0.15, 0.2) is 16.6 Å². The van der Waals surface area contributed by atoms with Crippen LogP contribution in [0.1, 0.15) is 10.4 Å². The SMILES string of the molecule is COc1cc(C(=O)NC(=S)Nc2ccc(I)cc2)cc(OC)c1OC. The van der Waals surface area contributed by atoms with Crippen molar-refractivity contribution >= 4 is 51.5 Å². The first kappa shape index (κ1) is 19.3. The maximum Gasteiger partial charge on any atom is 0.257 e. The Hall–Kier alpha value is -2.07. The number of anilines is 1. The highest BCUT2D eigenvalue weighted by molar-refractivity contribution is 14.1. The molecule has 0 heterocycles. The van der Waals surface area contributed by atoms with Gasteiger partial charge in [0.25, 0.3) is 5.91 Å². The van der Waals surface area contributed by atoms with Crippen molar-refractivity contribution in [2.24, 2.45) is 0 Å². The number of rotatable bonds is 5. The predicted octanol–water partition coefficient (Wildman–Crippen LogP) is 3.44. The lowest BCUT2D eigenvalue weighted by Crippen LogP contribution is -2.34. The van der Waals surface area contributed by atoms with Crippen LogP contribution in [0.3, 0.4) is 0 Å². The smallest absolute Gasteiger partial charge is 0.257 e. The lowest BCUT2D eigenvalue weighted by Gasteiger charge is -2.14. The Balaban J connectivity index is 2.14. The van der Waals surface area contributed by atoms with E-state index >= 15 is 0 Å². The second kappa shape index (κ2) is 8.86. The molecule has 0 bridgehead atoms. The number of amides is 1. The Morgan fingerprint density at radius 1 is 1.00 bits per heavy atom. The van der Waals surface area contributed by atoms with Gasteiger partial charge in [-0.25, -0.2) is 0 Å². The summed E-state index contributed by atoms with van der Waals surface area (Å²) in [5, 5.41) is 5.78. The summed E-state index contributed by atoms with van der Waals surface area (Å²) in [5.74, 6) is 0.815. The largest absolute Gasteiger partial charge is 0.493 e. The summed E-state index contributed by atoms with van der Waals surface area (Å²) in [6, 6.07) is 10.7. The van der Waals surface area contributed by atoms with Crippen molar-refractivity contribution in [3.63, 3.8) is 0 Å². The van der Waals surface area contributed by atoms with Gasteiger partial charge in [-0.3, -0.25) is 10.1 Å². The van der Waals surface area contributed by atoms with Crippen LogP contribution >= 0.6 is 34.8 Å². The molecule has 0 aliphatic carbocycles. The Bertz CT molecular complexity index is 756. The van der Waals surface area contributed by atoms with Crippen LogP contribution in [0.5, 0.6) is 17.2 Å². The Kier molecular flexibility index (Phi) is 6.82. The van der Waals surface area contributed by atoms with E-state index in [9.17, 15) is 4.79 Å². The summed E-state index contributed by atoms with van der Waals surface area (Å²) in [6.07, 6.45) is 0. The molecule has 0 aliphatic rings. The number of thiocarbonyl (C=S) groups is 1. The molecular weight excluding hydrogens is 455 g/mol. The molecule has 1 amide bonds. The molecule has 0 unspecified atom stereocenters. The van der Waals surface area contributed by atoms with Crippen LogP contribution in [0.2, 0.25) is 0 Å². The normalized spacial score (nSPS) is 9.92. The van der Waals surface area contributed by atoms with E-state index < -0.39 is 0 Å². The molecule has 25 heavy (non-hydrogen) atoms. The van der Waals surface area contributed by atoms with E-state index in [-0.39, 0.29) is 11.0 Å². The first-order valence-corrected chi connectivity index (χ1v) is 8.65. The highest BCUT2D eigenvalue weighted by Crippen LogP contribution is 2.38. The third-order valence-corrected chi connectivity index (χ3v) is 4.18. The van der Waals surface area contributed by atoms with E-state index in [0.717, 1.165) is 9.26 Å². The van der Waals surface area contributed by atoms with Crippen LogP contribution in [0.25, 0.3) is 0 Å². The minimum Gasteiger partial charge on any atom is -0.493 e. The lowest BCUT2D eigenvalue weighted by molar-refractivity contribution is 0.0977. The Labute approximate surface area is 165 Å². The van der Waals surface area contributed by atoms with Crippen LogP contribution in [-0.4, -0.2) is 32.3 Å². The molecule has 2 aromatic carbocycles. The topological polar surface area (TPSA) is 68.8 Å². The number of ether oxygens (including phenoxy) is 3. The third-order valence-electron chi connectivity index (χ3n) is 3.26. The van der Waals surface area contributed by atoms with Gasteiger partial charge >= 0.3 is 0 Å². The van der Waals surface area contributed by atoms with E-state index in [1.807, 2.05) is 24.3 Å². The Morgan fingerprint density at radius 2 is 1.56 bits per heavy atom. The number of hydrogen-bond acceptors (Lipinski definition) is 5. The standard InChI is InChI=1S/C17H17IN2O4S/c1-22-13-8-10(9-14(23-2)15(13)24-3)16(21)20-17(25)19-12-6-4-11(18)5-7-12/h4-9H,1-3H3,(H2,19,20,21,25). The zero-order valence-electron chi connectivity index (χ0n) is 13.9. The highest BCUT2D eigenvalue weighted by Gasteiger charge is 2.17. The van der Waals surface area contributed by atoms with Gasteiger partial charge in [-0.05, 0) is 71.2 Å². The van der Waals surface area contributed by atoms with Gasteiger partial charge in [-0.2, -0.15) is 0 Å². The summed E-state index contributed by atoms with van der Waals surface area (Å²) >= 11 is 7.40. The number of halogens is 1. The van der Waals surface area contributed by atoms with Crippen molar-refractivity contribution < 1.29 is 19.0 Å². The molecule has 0 aromatic heterocycles.